The fourth-order valence-electron chi connectivity index (χ4n) is 2.90. The summed E-state index contributed by atoms with van der Waals surface area (Å²) >= 11 is 1.79. The molecule has 0 aliphatic heterocycles. The number of thiophene rings is 1. The topological polar surface area (TPSA) is 12.0 Å². The Morgan fingerprint density at radius 1 is 1.26 bits per heavy atom. The Kier molecular flexibility index (Phi) is 3.72. The maximum absolute atomic E-state index is 3.47. The van der Waals surface area contributed by atoms with Crippen LogP contribution in [0.4, 0.5) is 0 Å². The van der Waals surface area contributed by atoms with E-state index in [0.717, 1.165) is 5.92 Å². The van der Waals surface area contributed by atoms with Crippen molar-refractivity contribution < 1.29 is 0 Å². The summed E-state index contributed by atoms with van der Waals surface area (Å²) < 4.78 is 0. The molecule has 3 rings (SSSR count). The number of hydrogen-bond acceptors (Lipinski definition) is 2. The Balaban J connectivity index is 1.93. The first-order valence-corrected chi connectivity index (χ1v) is 8.03. The van der Waals surface area contributed by atoms with Crippen molar-refractivity contribution in [2.24, 2.45) is 0 Å². The van der Waals surface area contributed by atoms with Gasteiger partial charge in [-0.25, -0.2) is 0 Å². The minimum atomic E-state index is 0.325. The van der Waals surface area contributed by atoms with E-state index in [9.17, 15) is 0 Å². The minimum Gasteiger partial charge on any atom is -0.309 e. The first kappa shape index (κ1) is 12.9. The lowest BCUT2D eigenvalue weighted by molar-refractivity contribution is 0.419. The van der Waals surface area contributed by atoms with Crippen LogP contribution in [0.5, 0.6) is 0 Å². The molecule has 1 saturated carbocycles. The average Bonchev–Trinajstić information content (AvgIpc) is 2.75. The van der Waals surface area contributed by atoms with Gasteiger partial charge in [0.15, 0.2) is 0 Å². The molecule has 0 amide bonds. The van der Waals surface area contributed by atoms with Crippen molar-refractivity contribution in [3.05, 3.63) is 57.3 Å². The lowest BCUT2D eigenvalue weighted by atomic mass is 9.79. The summed E-state index contributed by atoms with van der Waals surface area (Å²) in [6.45, 7) is 2.20. The minimum absolute atomic E-state index is 0.325. The zero-order valence-corrected chi connectivity index (χ0v) is 12.5. The normalized spacial score (nSPS) is 17.2. The molecule has 1 nitrogen and oxygen atoms in total. The molecule has 1 heterocycles. The third-order valence-electron chi connectivity index (χ3n) is 4.32. The Morgan fingerprint density at radius 3 is 2.68 bits per heavy atom. The summed E-state index contributed by atoms with van der Waals surface area (Å²) in [4.78, 5) is 0. The van der Waals surface area contributed by atoms with Crippen LogP contribution in [0, 0.1) is 6.92 Å². The van der Waals surface area contributed by atoms with E-state index in [2.05, 4.69) is 54.3 Å². The van der Waals surface area contributed by atoms with Crippen molar-refractivity contribution in [3.8, 4) is 0 Å². The van der Waals surface area contributed by atoms with Gasteiger partial charge in [0.05, 0.1) is 6.04 Å². The molecule has 1 N–H and O–H groups in total. The Labute approximate surface area is 119 Å². The second-order valence-electron chi connectivity index (χ2n) is 5.53. The molecular weight excluding hydrogens is 250 g/mol. The predicted molar refractivity (Wildman–Crippen MR) is 83.0 cm³/mol. The smallest absolute Gasteiger partial charge is 0.0585 e. The second kappa shape index (κ2) is 5.48. The highest BCUT2D eigenvalue weighted by atomic mass is 32.1. The zero-order valence-electron chi connectivity index (χ0n) is 11.6. The van der Waals surface area contributed by atoms with E-state index < -0.39 is 0 Å². The highest BCUT2D eigenvalue weighted by molar-refractivity contribution is 7.08. The summed E-state index contributed by atoms with van der Waals surface area (Å²) in [7, 11) is 2.05. The lowest BCUT2D eigenvalue weighted by Crippen LogP contribution is -2.18. The van der Waals surface area contributed by atoms with E-state index in [0.29, 0.717) is 6.04 Å². The molecule has 1 aliphatic carbocycles. The standard InChI is InChI=1S/C17H21NS/c1-12-10-19-11-16(12)17(18-2)15-8-4-7-14(9-15)13-5-3-6-13/h4,7-11,13,17-18H,3,5-6H2,1-2H3. The molecule has 0 radical (unpaired) electrons. The van der Waals surface area contributed by atoms with Gasteiger partial charge in [-0.2, -0.15) is 11.3 Å². The lowest BCUT2D eigenvalue weighted by Gasteiger charge is -2.27. The molecule has 0 spiro atoms. The van der Waals surface area contributed by atoms with E-state index in [-0.39, 0.29) is 0 Å². The molecule has 2 aromatic rings. The van der Waals surface area contributed by atoms with Gasteiger partial charge < -0.3 is 5.32 Å². The maximum atomic E-state index is 3.47. The first-order valence-electron chi connectivity index (χ1n) is 7.09. The quantitative estimate of drug-likeness (QED) is 0.854. The number of benzene rings is 1. The summed E-state index contributed by atoms with van der Waals surface area (Å²) in [5.41, 5.74) is 5.72. The van der Waals surface area contributed by atoms with Gasteiger partial charge >= 0.3 is 0 Å². The van der Waals surface area contributed by atoms with E-state index in [4.69, 9.17) is 0 Å². The monoisotopic (exact) mass is 271 g/mol. The SMILES string of the molecule is CNC(c1cccc(C2CCC2)c1)c1cscc1C. The second-order valence-corrected chi connectivity index (χ2v) is 6.27. The first-order chi connectivity index (χ1) is 9.29. The van der Waals surface area contributed by atoms with E-state index >= 15 is 0 Å². The molecule has 19 heavy (non-hydrogen) atoms. The molecule has 1 aliphatic rings. The van der Waals surface area contributed by atoms with Gasteiger partial charge in [0.1, 0.15) is 0 Å². The van der Waals surface area contributed by atoms with Crippen LogP contribution in [0.1, 0.15) is 53.5 Å². The van der Waals surface area contributed by atoms with Crippen LogP contribution in [0.3, 0.4) is 0 Å². The van der Waals surface area contributed by atoms with Gasteiger partial charge in [-0.15, -0.1) is 0 Å². The Morgan fingerprint density at radius 2 is 2.11 bits per heavy atom. The number of aryl methyl sites for hydroxylation is 1. The molecule has 1 aromatic carbocycles. The van der Waals surface area contributed by atoms with Gasteiger partial charge in [0.2, 0.25) is 0 Å². The number of nitrogens with one attached hydrogen (secondary N) is 1. The van der Waals surface area contributed by atoms with Crippen LogP contribution < -0.4 is 5.32 Å². The maximum Gasteiger partial charge on any atom is 0.0585 e. The zero-order chi connectivity index (χ0) is 13.2. The van der Waals surface area contributed by atoms with Gasteiger partial charge in [-0.3, -0.25) is 0 Å². The Hall–Kier alpha value is -1.12. The van der Waals surface area contributed by atoms with Gasteiger partial charge in [0.25, 0.3) is 0 Å². The molecule has 0 saturated heterocycles. The highest BCUT2D eigenvalue weighted by Gasteiger charge is 2.21. The summed E-state index contributed by atoms with van der Waals surface area (Å²) in [6, 6.07) is 9.49. The van der Waals surface area contributed by atoms with Gasteiger partial charge in [-0.05, 0) is 65.7 Å². The molecule has 1 unspecified atom stereocenters. The van der Waals surface area contributed by atoms with E-state index in [1.165, 1.54) is 41.5 Å². The van der Waals surface area contributed by atoms with Crippen molar-refractivity contribution >= 4 is 11.3 Å². The van der Waals surface area contributed by atoms with Crippen LogP contribution in [-0.4, -0.2) is 7.05 Å². The van der Waals surface area contributed by atoms with Crippen LogP contribution in [0.25, 0.3) is 0 Å². The summed E-state index contributed by atoms with van der Waals surface area (Å²) in [5, 5.41) is 7.97. The third-order valence-corrected chi connectivity index (χ3v) is 5.20. The molecule has 1 aromatic heterocycles. The van der Waals surface area contributed by atoms with Gasteiger partial charge in [-0.1, -0.05) is 30.7 Å². The van der Waals surface area contributed by atoms with Crippen LogP contribution in [-0.2, 0) is 0 Å². The molecule has 100 valence electrons. The summed E-state index contributed by atoms with van der Waals surface area (Å²) in [5.74, 6) is 0.807. The molecule has 1 fully saturated rings. The van der Waals surface area contributed by atoms with Crippen molar-refractivity contribution in [3.63, 3.8) is 0 Å². The van der Waals surface area contributed by atoms with Crippen LogP contribution >= 0.6 is 11.3 Å². The number of hydrogen-bond donors (Lipinski definition) is 1. The van der Waals surface area contributed by atoms with E-state index in [1.807, 2.05) is 0 Å². The van der Waals surface area contributed by atoms with Crippen molar-refractivity contribution in [2.45, 2.75) is 38.1 Å². The van der Waals surface area contributed by atoms with Crippen LogP contribution in [0.15, 0.2) is 35.0 Å². The average molecular weight is 271 g/mol. The molecule has 1 atom stereocenters. The van der Waals surface area contributed by atoms with Gasteiger partial charge in [0, 0.05) is 0 Å². The molecular formula is C17H21NS. The third kappa shape index (κ3) is 2.47. The van der Waals surface area contributed by atoms with Crippen molar-refractivity contribution in [1.29, 1.82) is 0 Å². The molecule has 2 heteroatoms. The Bertz CT molecular complexity index is 554. The van der Waals surface area contributed by atoms with Crippen molar-refractivity contribution in [1.82, 2.24) is 5.32 Å². The largest absolute Gasteiger partial charge is 0.309 e. The van der Waals surface area contributed by atoms with E-state index in [1.54, 1.807) is 11.3 Å². The summed E-state index contributed by atoms with van der Waals surface area (Å²) in [6.07, 6.45) is 4.13. The number of rotatable bonds is 4. The fourth-order valence-corrected chi connectivity index (χ4v) is 3.78. The fraction of sp³-hybridized carbons (Fsp3) is 0.412. The highest BCUT2D eigenvalue weighted by Crippen LogP contribution is 2.37. The molecule has 0 bridgehead atoms. The predicted octanol–water partition coefficient (Wildman–Crippen LogP) is 4.63. The van der Waals surface area contributed by atoms with Crippen LogP contribution in [0.2, 0.25) is 0 Å². The van der Waals surface area contributed by atoms with Crippen molar-refractivity contribution in [2.75, 3.05) is 7.05 Å².